The van der Waals surface area contributed by atoms with Gasteiger partial charge in [-0.3, -0.25) is 14.6 Å². The summed E-state index contributed by atoms with van der Waals surface area (Å²) in [6.07, 6.45) is 3.97. The van der Waals surface area contributed by atoms with E-state index in [0.717, 1.165) is 6.42 Å². The smallest absolute Gasteiger partial charge is 0.255 e. The predicted molar refractivity (Wildman–Crippen MR) is 53.8 cm³/mol. The lowest BCUT2D eigenvalue weighted by Gasteiger charge is -2.15. The first-order chi connectivity index (χ1) is 7.31. The quantitative estimate of drug-likeness (QED) is 0.703. The molecular formula is C10H13N3O2. The third kappa shape index (κ3) is 2.14. The molecule has 1 fully saturated rings. The summed E-state index contributed by atoms with van der Waals surface area (Å²) in [4.78, 5) is 22.3. The Morgan fingerprint density at radius 1 is 1.67 bits per heavy atom. The highest BCUT2D eigenvalue weighted by Gasteiger charge is 2.27. The number of hydrogen-bond acceptors (Lipinski definition) is 4. The average Bonchev–Trinajstić information content (AvgIpc) is 2.78. The van der Waals surface area contributed by atoms with Crippen molar-refractivity contribution < 1.29 is 9.63 Å². The first-order valence-electron chi connectivity index (χ1n) is 4.86. The normalized spacial score (nSPS) is 20.6. The molecule has 1 amide bonds. The van der Waals surface area contributed by atoms with E-state index in [1.807, 2.05) is 0 Å². The number of rotatable bonds is 2. The van der Waals surface area contributed by atoms with Gasteiger partial charge in [0.25, 0.3) is 5.91 Å². The largest absolute Gasteiger partial charge is 0.336 e. The minimum absolute atomic E-state index is 0.0114. The summed E-state index contributed by atoms with van der Waals surface area (Å²) in [7, 11) is 0. The van der Waals surface area contributed by atoms with Gasteiger partial charge in [-0.05, 0) is 18.6 Å². The van der Waals surface area contributed by atoms with E-state index in [1.54, 1.807) is 29.4 Å². The van der Waals surface area contributed by atoms with Crippen LogP contribution in [0.15, 0.2) is 24.5 Å². The summed E-state index contributed by atoms with van der Waals surface area (Å²) >= 11 is 0. The van der Waals surface area contributed by atoms with Gasteiger partial charge in [-0.15, -0.1) is 0 Å². The van der Waals surface area contributed by atoms with Crippen molar-refractivity contribution in [1.82, 2.24) is 9.88 Å². The number of hydrogen-bond donors (Lipinski definition) is 1. The average molecular weight is 207 g/mol. The molecule has 1 aliphatic rings. The van der Waals surface area contributed by atoms with E-state index < -0.39 is 0 Å². The van der Waals surface area contributed by atoms with E-state index in [-0.39, 0.29) is 12.0 Å². The highest BCUT2D eigenvalue weighted by Crippen LogP contribution is 2.14. The number of carbonyl (C=O) groups excluding carboxylic acids is 1. The molecule has 1 saturated heterocycles. The second kappa shape index (κ2) is 4.37. The van der Waals surface area contributed by atoms with Crippen molar-refractivity contribution in [3.63, 3.8) is 0 Å². The number of carbonyl (C=O) groups is 1. The number of likely N-dealkylation sites (tertiary alicyclic amines) is 1. The molecule has 0 radical (unpaired) electrons. The van der Waals surface area contributed by atoms with Crippen LogP contribution in [-0.4, -0.2) is 35.0 Å². The molecular weight excluding hydrogens is 194 g/mol. The van der Waals surface area contributed by atoms with Crippen LogP contribution >= 0.6 is 0 Å². The van der Waals surface area contributed by atoms with Crippen LogP contribution in [0, 0.1) is 0 Å². The second-order valence-electron chi connectivity index (χ2n) is 3.54. The molecule has 0 aliphatic carbocycles. The third-order valence-corrected chi connectivity index (χ3v) is 2.53. The Morgan fingerprint density at radius 3 is 3.13 bits per heavy atom. The van der Waals surface area contributed by atoms with E-state index >= 15 is 0 Å². The minimum atomic E-state index is -0.0365. The van der Waals surface area contributed by atoms with Gasteiger partial charge in [0, 0.05) is 25.5 Å². The molecule has 15 heavy (non-hydrogen) atoms. The van der Waals surface area contributed by atoms with Crippen LogP contribution in [-0.2, 0) is 4.84 Å². The van der Waals surface area contributed by atoms with Gasteiger partial charge in [0.15, 0.2) is 0 Å². The molecule has 1 unspecified atom stereocenters. The van der Waals surface area contributed by atoms with Crippen molar-refractivity contribution >= 4 is 5.91 Å². The predicted octanol–water partition coefficient (Wildman–Crippen LogP) is 0.186. The van der Waals surface area contributed by atoms with Crippen LogP contribution in [0.5, 0.6) is 0 Å². The van der Waals surface area contributed by atoms with Crippen LogP contribution in [0.25, 0.3) is 0 Å². The molecule has 5 heteroatoms. The topological polar surface area (TPSA) is 68.5 Å². The Bertz CT molecular complexity index is 342. The van der Waals surface area contributed by atoms with Crippen LogP contribution in [0.3, 0.4) is 0 Å². The van der Waals surface area contributed by atoms with Gasteiger partial charge in [-0.1, -0.05) is 0 Å². The number of nitrogens with two attached hydrogens (primary N) is 1. The SMILES string of the molecule is NOC1CCN(C(=O)c2cccnc2)C1. The monoisotopic (exact) mass is 207 g/mol. The first-order valence-corrected chi connectivity index (χ1v) is 4.86. The summed E-state index contributed by atoms with van der Waals surface area (Å²) in [6.45, 7) is 1.25. The fourth-order valence-electron chi connectivity index (χ4n) is 1.70. The fraction of sp³-hybridized carbons (Fsp3) is 0.400. The van der Waals surface area contributed by atoms with Gasteiger partial charge in [0.1, 0.15) is 0 Å². The number of aromatic nitrogens is 1. The first kappa shape index (κ1) is 10.1. The molecule has 1 aliphatic heterocycles. The zero-order valence-corrected chi connectivity index (χ0v) is 8.30. The van der Waals surface area contributed by atoms with E-state index in [1.165, 1.54) is 0 Å². The van der Waals surface area contributed by atoms with E-state index in [4.69, 9.17) is 10.7 Å². The van der Waals surface area contributed by atoms with E-state index in [0.29, 0.717) is 18.7 Å². The third-order valence-electron chi connectivity index (χ3n) is 2.53. The van der Waals surface area contributed by atoms with Crippen molar-refractivity contribution in [3.05, 3.63) is 30.1 Å². The van der Waals surface area contributed by atoms with Crippen LogP contribution in [0.4, 0.5) is 0 Å². The molecule has 5 nitrogen and oxygen atoms in total. The van der Waals surface area contributed by atoms with Gasteiger partial charge < -0.3 is 4.90 Å². The number of nitrogens with zero attached hydrogens (tertiary/aromatic N) is 2. The van der Waals surface area contributed by atoms with Crippen molar-refractivity contribution in [3.8, 4) is 0 Å². The molecule has 0 spiro atoms. The van der Waals surface area contributed by atoms with Gasteiger partial charge >= 0.3 is 0 Å². The highest BCUT2D eigenvalue weighted by molar-refractivity contribution is 5.94. The molecule has 0 saturated carbocycles. The van der Waals surface area contributed by atoms with Crippen molar-refractivity contribution in [2.75, 3.05) is 13.1 Å². The maximum Gasteiger partial charge on any atom is 0.255 e. The summed E-state index contributed by atoms with van der Waals surface area (Å²) in [5.41, 5.74) is 0.607. The molecule has 2 heterocycles. The molecule has 80 valence electrons. The molecule has 2 rings (SSSR count). The minimum Gasteiger partial charge on any atom is -0.336 e. The zero-order valence-electron chi connectivity index (χ0n) is 8.30. The number of amides is 1. The van der Waals surface area contributed by atoms with Gasteiger partial charge in [0.05, 0.1) is 11.7 Å². The van der Waals surface area contributed by atoms with Crippen LogP contribution in [0.2, 0.25) is 0 Å². The lowest BCUT2D eigenvalue weighted by Crippen LogP contribution is -2.30. The van der Waals surface area contributed by atoms with Crippen LogP contribution < -0.4 is 5.90 Å². The molecule has 1 aromatic rings. The maximum absolute atomic E-state index is 11.9. The van der Waals surface area contributed by atoms with Crippen LogP contribution in [0.1, 0.15) is 16.8 Å². The van der Waals surface area contributed by atoms with Crippen molar-refractivity contribution in [2.45, 2.75) is 12.5 Å². The summed E-state index contributed by atoms with van der Waals surface area (Å²) in [5, 5.41) is 0. The Labute approximate surface area is 87.8 Å². The zero-order chi connectivity index (χ0) is 10.7. The van der Waals surface area contributed by atoms with Gasteiger partial charge in [0.2, 0.25) is 0 Å². The van der Waals surface area contributed by atoms with Crippen molar-refractivity contribution in [1.29, 1.82) is 0 Å². The van der Waals surface area contributed by atoms with Gasteiger partial charge in [-0.2, -0.15) is 0 Å². The second-order valence-corrected chi connectivity index (χ2v) is 3.54. The van der Waals surface area contributed by atoms with E-state index in [2.05, 4.69) is 4.98 Å². The Balaban J connectivity index is 2.04. The Kier molecular flexibility index (Phi) is 2.94. The molecule has 2 N–H and O–H groups in total. The lowest BCUT2D eigenvalue weighted by atomic mass is 10.2. The van der Waals surface area contributed by atoms with Gasteiger partial charge in [-0.25, -0.2) is 5.90 Å². The summed E-state index contributed by atoms with van der Waals surface area (Å²) in [6, 6.07) is 3.51. The standard InChI is InChI=1S/C10H13N3O2/c11-15-9-3-5-13(7-9)10(14)8-2-1-4-12-6-8/h1-2,4,6,9H,3,5,7,11H2. The Morgan fingerprint density at radius 2 is 2.53 bits per heavy atom. The molecule has 0 bridgehead atoms. The molecule has 1 atom stereocenters. The Hall–Kier alpha value is -1.46. The van der Waals surface area contributed by atoms with Crippen molar-refractivity contribution in [2.24, 2.45) is 5.90 Å². The fourth-order valence-corrected chi connectivity index (χ4v) is 1.70. The number of pyridine rings is 1. The lowest BCUT2D eigenvalue weighted by molar-refractivity contribution is 0.0537. The molecule has 0 aromatic carbocycles. The highest BCUT2D eigenvalue weighted by atomic mass is 16.6. The van der Waals surface area contributed by atoms with E-state index in [9.17, 15) is 4.79 Å². The summed E-state index contributed by atoms with van der Waals surface area (Å²) in [5.74, 6) is 5.07. The maximum atomic E-state index is 11.9. The summed E-state index contributed by atoms with van der Waals surface area (Å²) < 4.78 is 0. The molecule has 1 aromatic heterocycles.